The zero-order valence-electron chi connectivity index (χ0n) is 15.8. The summed E-state index contributed by atoms with van der Waals surface area (Å²) in [6.07, 6.45) is 1.80. The van der Waals surface area contributed by atoms with Crippen molar-refractivity contribution in [2.45, 2.75) is 46.1 Å². The number of fused-ring (bicyclic) bond motifs is 1. The second-order valence-electron chi connectivity index (χ2n) is 7.13. The maximum atomic E-state index is 14.1. The van der Waals surface area contributed by atoms with E-state index >= 15 is 0 Å². The molecule has 27 heavy (non-hydrogen) atoms. The number of Topliss-reactive ketones (excluding diaryl/α,β-unsaturated/α-hetero) is 1. The number of carbonyl (C=O) groups excluding carboxylic acids is 2. The van der Waals surface area contributed by atoms with E-state index in [2.05, 4.69) is 12.2 Å². The number of ketones is 1. The van der Waals surface area contributed by atoms with E-state index in [1.54, 1.807) is 6.07 Å². The molecule has 0 saturated carbocycles. The molecule has 1 aromatic heterocycles. The van der Waals surface area contributed by atoms with E-state index in [-0.39, 0.29) is 23.6 Å². The Hall–Kier alpha value is -2.21. The van der Waals surface area contributed by atoms with Crippen LogP contribution in [0.4, 0.5) is 4.39 Å². The third kappa shape index (κ3) is 4.56. The molecule has 0 radical (unpaired) electrons. The number of halogens is 1. The molecule has 1 aliphatic heterocycles. The fourth-order valence-electron chi connectivity index (χ4n) is 3.12. The first kappa shape index (κ1) is 19.5. The Morgan fingerprint density at radius 1 is 1.37 bits per heavy atom. The molecule has 3 rings (SSSR count). The predicted molar refractivity (Wildman–Crippen MR) is 105 cm³/mol. The maximum absolute atomic E-state index is 14.1. The van der Waals surface area contributed by atoms with E-state index in [0.29, 0.717) is 41.5 Å². The minimum atomic E-state index is -0.327. The van der Waals surface area contributed by atoms with Crippen molar-refractivity contribution in [1.29, 1.82) is 0 Å². The molecule has 0 unspecified atom stereocenters. The molecule has 0 saturated heterocycles. The van der Waals surface area contributed by atoms with Crippen LogP contribution in [-0.4, -0.2) is 24.3 Å². The van der Waals surface area contributed by atoms with Crippen LogP contribution < -0.4 is 10.1 Å². The highest BCUT2D eigenvalue weighted by atomic mass is 32.1. The quantitative estimate of drug-likeness (QED) is 0.704. The van der Waals surface area contributed by atoms with E-state index in [1.807, 2.05) is 13.0 Å². The van der Waals surface area contributed by atoms with Gasteiger partial charge in [-0.15, -0.1) is 11.3 Å². The second-order valence-corrected chi connectivity index (χ2v) is 8.21. The van der Waals surface area contributed by atoms with Gasteiger partial charge < -0.3 is 10.1 Å². The van der Waals surface area contributed by atoms with Gasteiger partial charge in [0.05, 0.1) is 11.4 Å². The van der Waals surface area contributed by atoms with Gasteiger partial charge in [-0.25, -0.2) is 4.39 Å². The number of rotatable bonds is 7. The van der Waals surface area contributed by atoms with Gasteiger partial charge in [0.2, 0.25) is 5.91 Å². The van der Waals surface area contributed by atoms with E-state index in [4.69, 9.17) is 4.74 Å². The van der Waals surface area contributed by atoms with Crippen molar-refractivity contribution in [2.75, 3.05) is 6.54 Å². The van der Waals surface area contributed by atoms with Crippen LogP contribution in [0, 0.1) is 11.7 Å². The van der Waals surface area contributed by atoms with E-state index in [9.17, 15) is 14.0 Å². The molecule has 1 amide bonds. The molecule has 1 aliphatic rings. The molecule has 4 nitrogen and oxygen atoms in total. The molecule has 0 fully saturated rings. The summed E-state index contributed by atoms with van der Waals surface area (Å²) in [6.45, 7) is 6.02. The highest BCUT2D eigenvalue weighted by molar-refractivity contribution is 7.17. The Labute approximate surface area is 162 Å². The van der Waals surface area contributed by atoms with Crippen molar-refractivity contribution in [3.63, 3.8) is 0 Å². The summed E-state index contributed by atoms with van der Waals surface area (Å²) in [5.41, 5.74) is 1.46. The Kier molecular flexibility index (Phi) is 5.95. The van der Waals surface area contributed by atoms with Crippen LogP contribution in [-0.2, 0) is 11.2 Å². The van der Waals surface area contributed by atoms with E-state index in [0.717, 1.165) is 16.9 Å². The highest BCUT2D eigenvalue weighted by Crippen LogP contribution is 2.42. The summed E-state index contributed by atoms with van der Waals surface area (Å²) < 4.78 is 20.1. The first-order chi connectivity index (χ1) is 12.9. The van der Waals surface area contributed by atoms with Crippen molar-refractivity contribution in [1.82, 2.24) is 5.32 Å². The van der Waals surface area contributed by atoms with Gasteiger partial charge >= 0.3 is 0 Å². The lowest BCUT2D eigenvalue weighted by Crippen LogP contribution is -2.35. The topological polar surface area (TPSA) is 55.4 Å². The third-order valence-corrected chi connectivity index (χ3v) is 6.06. The molecule has 144 valence electrons. The monoisotopic (exact) mass is 389 g/mol. The Morgan fingerprint density at radius 2 is 2.15 bits per heavy atom. The number of benzene rings is 1. The largest absolute Gasteiger partial charge is 0.487 e. The summed E-state index contributed by atoms with van der Waals surface area (Å²) in [4.78, 5) is 25.0. The Balaban J connectivity index is 1.73. The van der Waals surface area contributed by atoms with Gasteiger partial charge in [0.1, 0.15) is 17.7 Å². The van der Waals surface area contributed by atoms with Crippen LogP contribution in [0.1, 0.15) is 48.8 Å². The summed E-state index contributed by atoms with van der Waals surface area (Å²) in [6, 6.07) is 6.50. The number of nitrogens with one attached hydrogen (secondary N) is 1. The van der Waals surface area contributed by atoms with Crippen LogP contribution >= 0.6 is 11.3 Å². The van der Waals surface area contributed by atoms with Crippen molar-refractivity contribution in [3.8, 4) is 16.2 Å². The van der Waals surface area contributed by atoms with Crippen LogP contribution in [0.25, 0.3) is 10.4 Å². The number of thiophene rings is 1. The lowest BCUT2D eigenvalue weighted by atomic mass is 10.0. The molecule has 2 heterocycles. The van der Waals surface area contributed by atoms with Gasteiger partial charge in [-0.3, -0.25) is 9.59 Å². The summed E-state index contributed by atoms with van der Waals surface area (Å²) in [5.74, 6) is 0.671. The molecule has 0 bridgehead atoms. The number of amides is 1. The van der Waals surface area contributed by atoms with E-state index in [1.165, 1.54) is 30.4 Å². The number of hydrogen-bond acceptors (Lipinski definition) is 4. The standard InChI is InChI=1S/C21H24FNO3S/c1-4-12(2)7-20(25)23-11-16-9-14-8-15(22)10-17(21(14)26-16)19-6-5-18(27-19)13(3)24/h5-6,8,10,12,16H,4,7,9,11H2,1-3H3,(H,23,25)/t12-,16-/m0/s1. The molecular weight excluding hydrogens is 365 g/mol. The highest BCUT2D eigenvalue weighted by Gasteiger charge is 2.28. The van der Waals surface area contributed by atoms with Crippen LogP contribution in [0.5, 0.6) is 5.75 Å². The smallest absolute Gasteiger partial charge is 0.220 e. The second kappa shape index (κ2) is 8.21. The van der Waals surface area contributed by atoms with Crippen LogP contribution in [0.2, 0.25) is 0 Å². The Bertz CT molecular complexity index is 861. The van der Waals surface area contributed by atoms with Crippen molar-refractivity contribution >= 4 is 23.0 Å². The maximum Gasteiger partial charge on any atom is 0.220 e. The van der Waals surface area contributed by atoms with Crippen molar-refractivity contribution < 1.29 is 18.7 Å². The van der Waals surface area contributed by atoms with E-state index < -0.39 is 0 Å². The lowest BCUT2D eigenvalue weighted by molar-refractivity contribution is -0.122. The minimum absolute atomic E-state index is 0.0119. The van der Waals surface area contributed by atoms with Gasteiger partial charge in [-0.1, -0.05) is 20.3 Å². The first-order valence-electron chi connectivity index (χ1n) is 9.24. The van der Waals surface area contributed by atoms with Crippen molar-refractivity contribution in [3.05, 3.63) is 40.5 Å². The molecule has 2 atom stereocenters. The van der Waals surface area contributed by atoms with Gasteiger partial charge in [0.25, 0.3) is 0 Å². The Morgan fingerprint density at radius 3 is 2.81 bits per heavy atom. The fraction of sp³-hybridized carbons (Fsp3) is 0.429. The molecular formula is C21H24FNO3S. The predicted octanol–water partition coefficient (Wildman–Crippen LogP) is 4.61. The zero-order chi connectivity index (χ0) is 19.6. The summed E-state index contributed by atoms with van der Waals surface area (Å²) in [5, 5.41) is 2.92. The minimum Gasteiger partial charge on any atom is -0.487 e. The molecule has 2 aromatic rings. The summed E-state index contributed by atoms with van der Waals surface area (Å²) in [7, 11) is 0. The fourth-order valence-corrected chi connectivity index (χ4v) is 4.04. The number of hydrogen-bond donors (Lipinski definition) is 1. The summed E-state index contributed by atoms with van der Waals surface area (Å²) >= 11 is 1.33. The molecule has 1 N–H and O–H groups in total. The third-order valence-electron chi connectivity index (χ3n) is 4.84. The normalized spacial score (nSPS) is 16.5. The zero-order valence-corrected chi connectivity index (χ0v) is 16.6. The van der Waals surface area contributed by atoms with Crippen LogP contribution in [0.15, 0.2) is 24.3 Å². The molecule has 1 aromatic carbocycles. The van der Waals surface area contributed by atoms with Gasteiger partial charge in [0.15, 0.2) is 5.78 Å². The average molecular weight is 389 g/mol. The first-order valence-corrected chi connectivity index (χ1v) is 10.1. The molecule has 0 spiro atoms. The molecule has 6 heteroatoms. The lowest BCUT2D eigenvalue weighted by Gasteiger charge is -2.14. The number of carbonyl (C=O) groups is 2. The molecule has 0 aliphatic carbocycles. The van der Waals surface area contributed by atoms with Gasteiger partial charge in [-0.05, 0) is 37.1 Å². The SMILES string of the molecule is CC[C@H](C)CC(=O)NC[C@@H]1Cc2cc(F)cc(-c3ccc(C(C)=O)s3)c2O1. The average Bonchev–Trinajstić information content (AvgIpc) is 3.26. The van der Waals surface area contributed by atoms with Crippen molar-refractivity contribution in [2.24, 2.45) is 5.92 Å². The number of ether oxygens (including phenoxy) is 1. The van der Waals surface area contributed by atoms with Gasteiger partial charge in [-0.2, -0.15) is 0 Å². The van der Waals surface area contributed by atoms with Gasteiger partial charge in [0, 0.05) is 28.8 Å². The van der Waals surface area contributed by atoms with Crippen LogP contribution in [0.3, 0.4) is 0 Å².